The smallest absolute Gasteiger partial charge is 0.328 e. The number of halogens is 2. The zero-order valence-corrected chi connectivity index (χ0v) is 45.2. The fraction of sp³-hybridized carbons (Fsp3) is 0.500. The number of piperazine rings is 1. The number of methoxy groups -OCH3 is 1. The SMILES string of the molecule is COc1cc2nc(C)nc(N[C@H](C)c3cc(-c4c(Cl)cccc4CN(C)C)cs3)c2cc1C1CCC(C(=O)N2CCC(CCCCN3CCN(C(=O)c4ccc(Cl)c(N5CCC(=O)NC5=O)c4)CC3)CC2)CC1. The van der Waals surface area contributed by atoms with E-state index < -0.39 is 6.03 Å². The lowest BCUT2D eigenvalue weighted by molar-refractivity contribution is -0.138. The molecule has 0 unspecified atom stereocenters. The minimum Gasteiger partial charge on any atom is -0.496 e. The number of rotatable bonds is 16. The lowest BCUT2D eigenvalue weighted by Gasteiger charge is -2.37. The molecule has 5 amide bonds. The number of anilines is 2. The average molecular weight is 1050 g/mol. The maximum Gasteiger partial charge on any atom is 0.328 e. The summed E-state index contributed by atoms with van der Waals surface area (Å²) in [5, 5.41) is 10.3. The van der Waals surface area contributed by atoms with E-state index in [1.165, 1.54) is 21.8 Å². The van der Waals surface area contributed by atoms with Gasteiger partial charge in [0.2, 0.25) is 11.8 Å². The molecule has 14 nitrogen and oxygen atoms in total. The van der Waals surface area contributed by atoms with E-state index in [2.05, 4.69) is 76.0 Å². The van der Waals surface area contributed by atoms with Crippen LogP contribution >= 0.6 is 34.5 Å². The third-order valence-electron chi connectivity index (χ3n) is 15.4. The molecular weight excluding hydrogens is 982 g/mol. The van der Waals surface area contributed by atoms with Crippen LogP contribution in [-0.4, -0.2) is 127 Å². The number of carbonyl (C=O) groups excluding carboxylic acids is 4. The largest absolute Gasteiger partial charge is 0.496 e. The van der Waals surface area contributed by atoms with Gasteiger partial charge in [-0.25, -0.2) is 14.8 Å². The van der Waals surface area contributed by atoms with E-state index in [4.69, 9.17) is 37.9 Å². The Hall–Kier alpha value is -5.32. The van der Waals surface area contributed by atoms with Crippen molar-refractivity contribution >= 4 is 80.7 Å². The number of thiophene rings is 1. The Kier molecular flexibility index (Phi) is 16.9. The first-order valence-corrected chi connectivity index (χ1v) is 27.7. The van der Waals surface area contributed by atoms with Gasteiger partial charge in [-0.15, -0.1) is 11.3 Å². The van der Waals surface area contributed by atoms with E-state index in [1.54, 1.807) is 36.6 Å². The van der Waals surface area contributed by atoms with Gasteiger partial charge in [0.15, 0.2) is 0 Å². The minimum atomic E-state index is -0.530. The van der Waals surface area contributed by atoms with Crippen molar-refractivity contribution in [3.8, 4) is 16.9 Å². The van der Waals surface area contributed by atoms with Crippen molar-refractivity contribution in [3.63, 3.8) is 0 Å². The number of likely N-dealkylation sites (tertiary alicyclic amines) is 1. The summed E-state index contributed by atoms with van der Waals surface area (Å²) in [4.78, 5) is 72.5. The van der Waals surface area contributed by atoms with Crippen LogP contribution in [0.1, 0.15) is 115 Å². The van der Waals surface area contributed by atoms with Crippen molar-refractivity contribution in [1.29, 1.82) is 0 Å². The highest BCUT2D eigenvalue weighted by Crippen LogP contribution is 2.44. The molecule has 0 spiro atoms. The van der Waals surface area contributed by atoms with Gasteiger partial charge in [0.25, 0.3) is 5.91 Å². The predicted octanol–water partition coefficient (Wildman–Crippen LogP) is 10.8. The highest BCUT2D eigenvalue weighted by Gasteiger charge is 2.34. The summed E-state index contributed by atoms with van der Waals surface area (Å²) < 4.78 is 6.02. The molecule has 0 radical (unpaired) electrons. The summed E-state index contributed by atoms with van der Waals surface area (Å²) >= 11 is 14.9. The number of nitrogens with zero attached hydrogens (tertiary/aromatic N) is 7. The molecule has 1 atom stereocenters. The van der Waals surface area contributed by atoms with Gasteiger partial charge in [-0.3, -0.25) is 29.5 Å². The number of piperidine rings is 1. The van der Waals surface area contributed by atoms with E-state index in [0.29, 0.717) is 47.0 Å². The highest BCUT2D eigenvalue weighted by molar-refractivity contribution is 7.10. The summed E-state index contributed by atoms with van der Waals surface area (Å²) in [7, 11) is 5.88. The van der Waals surface area contributed by atoms with E-state index in [-0.39, 0.29) is 42.7 Å². The van der Waals surface area contributed by atoms with Gasteiger partial charge in [-0.2, -0.15) is 0 Å². The minimum absolute atomic E-state index is 0.0124. The first-order chi connectivity index (χ1) is 35.2. The van der Waals surface area contributed by atoms with Crippen molar-refractivity contribution in [2.75, 3.05) is 83.8 Å². The first-order valence-electron chi connectivity index (χ1n) is 26.1. The van der Waals surface area contributed by atoms with Crippen LogP contribution in [0.5, 0.6) is 5.75 Å². The van der Waals surface area contributed by atoms with Crippen LogP contribution in [0.4, 0.5) is 16.3 Å². The summed E-state index contributed by atoms with van der Waals surface area (Å²) in [6.07, 6.45) is 9.34. The Bertz CT molecular complexity index is 2820. The van der Waals surface area contributed by atoms with Gasteiger partial charge in [0, 0.05) is 97.2 Å². The summed E-state index contributed by atoms with van der Waals surface area (Å²) in [5.41, 5.74) is 6.31. The molecule has 4 fully saturated rings. The molecule has 2 aromatic heterocycles. The number of hydrogen-bond donors (Lipinski definition) is 2. The van der Waals surface area contributed by atoms with Crippen LogP contribution in [0.2, 0.25) is 10.0 Å². The second kappa shape index (κ2) is 23.5. The number of nitrogens with one attached hydrogen (secondary N) is 2. The molecular formula is C56H69Cl2N9O5S. The third-order valence-corrected chi connectivity index (χ3v) is 17.2. The Morgan fingerprint density at radius 2 is 1.66 bits per heavy atom. The van der Waals surface area contributed by atoms with E-state index >= 15 is 0 Å². The number of fused-ring (bicyclic) bond motifs is 1. The molecule has 3 aromatic carbocycles. The molecule has 4 aliphatic rings. The average Bonchev–Trinajstić information content (AvgIpc) is 3.88. The first kappa shape index (κ1) is 52.5. The number of aromatic nitrogens is 2. The molecule has 5 heterocycles. The van der Waals surface area contributed by atoms with Crippen LogP contribution < -0.4 is 20.3 Å². The fourth-order valence-corrected chi connectivity index (χ4v) is 12.8. The molecule has 5 aromatic rings. The predicted molar refractivity (Wildman–Crippen MR) is 292 cm³/mol. The summed E-state index contributed by atoms with van der Waals surface area (Å²) in [6.45, 7) is 10.7. The number of amides is 5. The van der Waals surface area contributed by atoms with Gasteiger partial charge in [-0.05, 0) is 150 Å². The number of urea groups is 1. The number of ether oxygens (including phenoxy) is 1. The molecule has 2 N–H and O–H groups in total. The Balaban J connectivity index is 0.720. The highest BCUT2D eigenvalue weighted by atomic mass is 35.5. The standard InChI is InChI=1S/C56H69Cl2N9O5S/c1-35(50-30-42(34-73-50)52-41(33-63(3)4)10-8-11-46(52)58)59-53-44-31-43(49(72-5)32-47(44)60-36(2)61-53)38-12-14-39(15-13-38)54(69)65-22-18-37(19-23-65)9-6-7-21-64-25-27-66(28-26-64)55(70)40-16-17-45(57)48(29-40)67-24-20-51(68)62-56(67)71/h8,10-11,16-17,29-32,34-35,37-39H,6-7,9,12-15,18-28,33H2,1-5H3,(H,59,60,61)(H,62,68,71)/t35-,38?,39?/m1/s1. The van der Waals surface area contributed by atoms with E-state index in [0.717, 1.165) is 135 Å². The molecule has 0 bridgehead atoms. The van der Waals surface area contributed by atoms with Crippen LogP contribution in [0.3, 0.4) is 0 Å². The normalized spacial score (nSPS) is 19.6. The summed E-state index contributed by atoms with van der Waals surface area (Å²) in [6, 6.07) is 17.1. The van der Waals surface area contributed by atoms with Crippen molar-refractivity contribution in [1.82, 2.24) is 34.9 Å². The molecule has 17 heteroatoms. The van der Waals surface area contributed by atoms with Crippen molar-refractivity contribution < 1.29 is 23.9 Å². The Morgan fingerprint density at radius 3 is 2.38 bits per heavy atom. The van der Waals surface area contributed by atoms with Gasteiger partial charge in [0.05, 0.1) is 29.4 Å². The van der Waals surface area contributed by atoms with Gasteiger partial charge >= 0.3 is 6.03 Å². The van der Waals surface area contributed by atoms with Crippen LogP contribution in [0.25, 0.3) is 22.0 Å². The van der Waals surface area contributed by atoms with Crippen LogP contribution in [0, 0.1) is 18.8 Å². The van der Waals surface area contributed by atoms with Crippen molar-refractivity contribution in [3.05, 3.63) is 97.4 Å². The molecule has 3 saturated heterocycles. The Labute approximate surface area is 443 Å². The second-order valence-corrected chi connectivity index (χ2v) is 22.5. The lowest BCUT2D eigenvalue weighted by Crippen LogP contribution is -2.50. The molecule has 388 valence electrons. The molecule has 3 aliphatic heterocycles. The third kappa shape index (κ3) is 12.3. The monoisotopic (exact) mass is 1050 g/mol. The second-order valence-electron chi connectivity index (χ2n) is 20.7. The molecule has 73 heavy (non-hydrogen) atoms. The molecule has 1 saturated carbocycles. The van der Waals surface area contributed by atoms with E-state index in [1.807, 2.05) is 24.0 Å². The van der Waals surface area contributed by atoms with Crippen molar-refractivity contribution in [2.45, 2.75) is 96.6 Å². The number of imide groups is 1. The quantitative estimate of drug-likeness (QED) is 0.0917. The van der Waals surface area contributed by atoms with Gasteiger partial charge in [0.1, 0.15) is 17.4 Å². The van der Waals surface area contributed by atoms with Gasteiger partial charge in [-0.1, -0.05) is 48.2 Å². The van der Waals surface area contributed by atoms with Crippen LogP contribution in [0.15, 0.2) is 60.0 Å². The van der Waals surface area contributed by atoms with Gasteiger partial charge < -0.3 is 24.8 Å². The zero-order chi connectivity index (χ0) is 51.3. The Morgan fingerprint density at radius 1 is 0.890 bits per heavy atom. The topological polar surface area (TPSA) is 144 Å². The van der Waals surface area contributed by atoms with Crippen molar-refractivity contribution in [2.24, 2.45) is 11.8 Å². The number of carbonyl (C=O) groups is 4. The number of aryl methyl sites for hydroxylation is 1. The number of hydrogen-bond acceptors (Lipinski definition) is 11. The maximum atomic E-state index is 14.0. The molecule has 9 rings (SSSR count). The summed E-state index contributed by atoms with van der Waals surface area (Å²) in [5.74, 6) is 3.22. The van der Waals surface area contributed by atoms with Crippen LogP contribution in [-0.2, 0) is 16.1 Å². The maximum absolute atomic E-state index is 14.0. The number of benzene rings is 3. The number of unbranched alkanes of at least 4 members (excludes halogenated alkanes) is 1. The fourth-order valence-electron chi connectivity index (χ4n) is 11.4. The zero-order valence-electron chi connectivity index (χ0n) is 42.9. The lowest BCUT2D eigenvalue weighted by atomic mass is 9.77. The van der Waals surface area contributed by atoms with E-state index in [9.17, 15) is 19.2 Å². The molecule has 1 aliphatic carbocycles.